The van der Waals surface area contributed by atoms with Gasteiger partial charge in [-0.3, -0.25) is 4.98 Å². The zero-order valence-electron chi connectivity index (χ0n) is 16.4. The number of hydrogen-bond acceptors (Lipinski definition) is 6. The van der Waals surface area contributed by atoms with E-state index in [2.05, 4.69) is 20.0 Å². The summed E-state index contributed by atoms with van der Waals surface area (Å²) in [6.45, 7) is 0.551. The van der Waals surface area contributed by atoms with E-state index in [1.165, 1.54) is 7.05 Å². The fourth-order valence-electron chi connectivity index (χ4n) is 3.07. The summed E-state index contributed by atoms with van der Waals surface area (Å²) >= 11 is 0. The van der Waals surface area contributed by atoms with Gasteiger partial charge in [-0.2, -0.15) is 0 Å². The molecule has 0 unspecified atom stereocenters. The van der Waals surface area contributed by atoms with Crippen LogP contribution in [0.25, 0.3) is 22.3 Å². The first-order valence-corrected chi connectivity index (χ1v) is 11.1. The van der Waals surface area contributed by atoms with E-state index < -0.39 is 10.0 Å². The second-order valence-electron chi connectivity index (χ2n) is 6.78. The Labute approximate surface area is 175 Å². The number of benzene rings is 2. The topological polar surface area (TPSA) is 96.9 Å². The third-order valence-electron chi connectivity index (χ3n) is 4.69. The van der Waals surface area contributed by atoms with Crippen molar-refractivity contribution in [2.45, 2.75) is 12.3 Å². The van der Waals surface area contributed by atoms with Crippen LogP contribution in [0.5, 0.6) is 0 Å². The Morgan fingerprint density at radius 1 is 0.867 bits per heavy atom. The van der Waals surface area contributed by atoms with Crippen LogP contribution in [-0.4, -0.2) is 30.4 Å². The summed E-state index contributed by atoms with van der Waals surface area (Å²) < 4.78 is 25.7. The van der Waals surface area contributed by atoms with E-state index in [0.29, 0.717) is 12.4 Å². The van der Waals surface area contributed by atoms with E-state index in [0.717, 1.165) is 33.4 Å². The minimum atomic E-state index is -3.28. The Morgan fingerprint density at radius 2 is 1.57 bits per heavy atom. The van der Waals surface area contributed by atoms with Crippen molar-refractivity contribution in [2.24, 2.45) is 0 Å². The number of hydrogen-bond donors (Lipinski definition) is 2. The van der Waals surface area contributed by atoms with Crippen LogP contribution in [0.4, 0.5) is 5.82 Å². The van der Waals surface area contributed by atoms with E-state index >= 15 is 0 Å². The molecule has 152 valence electrons. The van der Waals surface area contributed by atoms with Crippen LogP contribution in [0.3, 0.4) is 0 Å². The molecule has 0 amide bonds. The molecule has 2 heterocycles. The van der Waals surface area contributed by atoms with Gasteiger partial charge in [0.15, 0.2) is 5.82 Å². The van der Waals surface area contributed by atoms with E-state index in [9.17, 15) is 8.42 Å². The van der Waals surface area contributed by atoms with Crippen molar-refractivity contribution < 1.29 is 8.42 Å². The van der Waals surface area contributed by atoms with Crippen molar-refractivity contribution in [2.75, 3.05) is 12.4 Å². The molecule has 4 aromatic rings. The molecule has 0 spiro atoms. The first kappa shape index (κ1) is 19.9. The predicted octanol–water partition coefficient (Wildman–Crippen LogP) is 3.35. The van der Waals surface area contributed by atoms with Gasteiger partial charge in [0.25, 0.3) is 0 Å². The van der Waals surface area contributed by atoms with Crippen LogP contribution in [0, 0.1) is 0 Å². The largest absolute Gasteiger partial charge is 0.365 e. The van der Waals surface area contributed by atoms with Crippen molar-refractivity contribution in [3.05, 3.63) is 84.2 Å². The number of para-hydroxylation sites is 1. The lowest BCUT2D eigenvalue weighted by atomic mass is 10.1. The van der Waals surface area contributed by atoms with Crippen LogP contribution in [-0.2, 0) is 22.3 Å². The van der Waals surface area contributed by atoms with Crippen molar-refractivity contribution in [1.82, 2.24) is 19.7 Å². The average molecular weight is 420 g/mol. The molecule has 0 aliphatic carbocycles. The minimum Gasteiger partial charge on any atom is -0.365 e. The Morgan fingerprint density at radius 3 is 2.30 bits per heavy atom. The van der Waals surface area contributed by atoms with Crippen LogP contribution in [0.2, 0.25) is 0 Å². The summed E-state index contributed by atoms with van der Waals surface area (Å²) in [6.07, 6.45) is 3.44. The number of aromatic nitrogens is 3. The molecule has 0 bridgehead atoms. The van der Waals surface area contributed by atoms with Crippen molar-refractivity contribution in [3.8, 4) is 11.4 Å². The number of sulfonamides is 1. The molecule has 0 aliphatic heterocycles. The lowest BCUT2D eigenvalue weighted by Crippen LogP contribution is -2.20. The Hall–Kier alpha value is -3.36. The molecule has 4 rings (SSSR count). The van der Waals surface area contributed by atoms with Crippen molar-refractivity contribution in [3.63, 3.8) is 0 Å². The zero-order valence-corrected chi connectivity index (χ0v) is 17.2. The van der Waals surface area contributed by atoms with Gasteiger partial charge in [0.05, 0.1) is 11.3 Å². The van der Waals surface area contributed by atoms with Gasteiger partial charge in [-0.1, -0.05) is 36.4 Å². The lowest BCUT2D eigenvalue weighted by Gasteiger charge is -2.11. The molecule has 0 saturated carbocycles. The zero-order chi connectivity index (χ0) is 21.0. The summed E-state index contributed by atoms with van der Waals surface area (Å²) in [6, 6.07) is 19.1. The first-order valence-electron chi connectivity index (χ1n) is 9.44. The van der Waals surface area contributed by atoms with E-state index in [-0.39, 0.29) is 5.75 Å². The molecule has 0 fully saturated rings. The van der Waals surface area contributed by atoms with Gasteiger partial charge in [-0.15, -0.1) is 0 Å². The van der Waals surface area contributed by atoms with Crippen molar-refractivity contribution in [1.29, 1.82) is 0 Å². The molecule has 30 heavy (non-hydrogen) atoms. The van der Waals surface area contributed by atoms with Gasteiger partial charge >= 0.3 is 0 Å². The number of pyridine rings is 1. The summed E-state index contributed by atoms with van der Waals surface area (Å²) in [4.78, 5) is 13.5. The highest BCUT2D eigenvalue weighted by molar-refractivity contribution is 7.88. The third kappa shape index (κ3) is 4.61. The highest BCUT2D eigenvalue weighted by Gasteiger charge is 2.10. The number of anilines is 1. The molecular weight excluding hydrogens is 398 g/mol. The van der Waals surface area contributed by atoms with E-state index in [4.69, 9.17) is 4.98 Å². The fraction of sp³-hybridized carbons (Fsp3) is 0.136. The molecule has 2 N–H and O–H groups in total. The second-order valence-corrected chi connectivity index (χ2v) is 8.71. The molecular formula is C22H21N5O2S. The van der Waals surface area contributed by atoms with Gasteiger partial charge < -0.3 is 5.32 Å². The van der Waals surface area contributed by atoms with Gasteiger partial charge in [0, 0.05) is 29.9 Å². The maximum absolute atomic E-state index is 11.7. The van der Waals surface area contributed by atoms with Crippen LogP contribution >= 0.6 is 0 Å². The molecule has 0 radical (unpaired) electrons. The number of nitrogens with zero attached hydrogens (tertiary/aromatic N) is 3. The molecule has 7 nitrogen and oxygen atoms in total. The standard InChI is InChI=1S/C22H21N5O2S/c1-23-30(28,29)15-17-8-6-16(7-9-17)14-25-22-19-4-2-3-5-20(19)26-21(27-22)18-10-12-24-13-11-18/h2-13,23H,14-15H2,1H3,(H,25,26,27). The Bertz CT molecular complexity index is 1260. The summed E-state index contributed by atoms with van der Waals surface area (Å²) in [5.41, 5.74) is 3.51. The van der Waals surface area contributed by atoms with E-state index in [1.807, 2.05) is 60.7 Å². The SMILES string of the molecule is CNS(=O)(=O)Cc1ccc(CNc2nc(-c3ccncc3)nc3ccccc23)cc1. The number of fused-ring (bicyclic) bond motifs is 1. The quantitative estimate of drug-likeness (QED) is 0.477. The highest BCUT2D eigenvalue weighted by Crippen LogP contribution is 2.25. The van der Waals surface area contributed by atoms with Gasteiger partial charge in [0.1, 0.15) is 5.82 Å². The predicted molar refractivity (Wildman–Crippen MR) is 118 cm³/mol. The first-order chi connectivity index (χ1) is 14.5. The Kier molecular flexibility index (Phi) is 5.69. The maximum atomic E-state index is 11.7. The molecule has 2 aromatic heterocycles. The summed E-state index contributed by atoms with van der Waals surface area (Å²) in [5.74, 6) is 1.34. The van der Waals surface area contributed by atoms with Crippen LogP contribution < -0.4 is 10.0 Å². The minimum absolute atomic E-state index is 0.0386. The smallest absolute Gasteiger partial charge is 0.215 e. The third-order valence-corrected chi connectivity index (χ3v) is 6.03. The number of rotatable bonds is 7. The molecule has 2 aromatic carbocycles. The molecule has 8 heteroatoms. The average Bonchev–Trinajstić information content (AvgIpc) is 2.78. The van der Waals surface area contributed by atoms with Crippen LogP contribution in [0.1, 0.15) is 11.1 Å². The van der Waals surface area contributed by atoms with Gasteiger partial charge in [-0.25, -0.2) is 23.1 Å². The summed E-state index contributed by atoms with van der Waals surface area (Å²) in [7, 11) is -1.87. The van der Waals surface area contributed by atoms with E-state index in [1.54, 1.807) is 12.4 Å². The van der Waals surface area contributed by atoms with Gasteiger partial charge in [0.2, 0.25) is 10.0 Å². The summed E-state index contributed by atoms with van der Waals surface area (Å²) in [5, 5.41) is 4.33. The number of nitrogens with one attached hydrogen (secondary N) is 2. The van der Waals surface area contributed by atoms with Crippen LogP contribution in [0.15, 0.2) is 73.1 Å². The highest BCUT2D eigenvalue weighted by atomic mass is 32.2. The second kappa shape index (κ2) is 8.56. The molecule has 0 aliphatic rings. The monoisotopic (exact) mass is 419 g/mol. The van der Waals surface area contributed by atoms with Crippen molar-refractivity contribution >= 4 is 26.7 Å². The fourth-order valence-corrected chi connectivity index (χ4v) is 3.85. The Balaban J connectivity index is 1.58. The lowest BCUT2D eigenvalue weighted by molar-refractivity contribution is 0.587. The molecule has 0 atom stereocenters. The maximum Gasteiger partial charge on any atom is 0.215 e. The normalized spacial score (nSPS) is 11.5. The molecule has 0 saturated heterocycles. The van der Waals surface area contributed by atoms with Gasteiger partial charge in [-0.05, 0) is 42.4 Å².